The summed E-state index contributed by atoms with van der Waals surface area (Å²) in [5.74, 6) is 0.519. The van der Waals surface area contributed by atoms with E-state index in [0.29, 0.717) is 12.5 Å². The predicted octanol–water partition coefficient (Wildman–Crippen LogP) is 2.28. The van der Waals surface area contributed by atoms with E-state index in [1.54, 1.807) is 0 Å². The van der Waals surface area contributed by atoms with Gasteiger partial charge in [0.15, 0.2) is 0 Å². The first kappa shape index (κ1) is 12.8. The van der Waals surface area contributed by atoms with E-state index < -0.39 is 0 Å². The highest BCUT2D eigenvalue weighted by atomic mass is 15.4. The van der Waals surface area contributed by atoms with Crippen LogP contribution in [0.4, 0.5) is 0 Å². The zero-order valence-corrected chi connectivity index (χ0v) is 11.0. The summed E-state index contributed by atoms with van der Waals surface area (Å²) in [7, 11) is 0. The molecule has 0 radical (unpaired) electrons. The summed E-state index contributed by atoms with van der Waals surface area (Å²) < 4.78 is 1.83. The topological polar surface area (TPSA) is 56.7 Å². The fraction of sp³-hybridized carbons (Fsp3) is 0.429. The van der Waals surface area contributed by atoms with Gasteiger partial charge in [0.05, 0.1) is 17.6 Å². The fourth-order valence-corrected chi connectivity index (χ4v) is 1.85. The fourth-order valence-electron chi connectivity index (χ4n) is 1.85. The molecule has 0 aliphatic heterocycles. The second-order valence-corrected chi connectivity index (χ2v) is 4.80. The Hall–Kier alpha value is -1.68. The van der Waals surface area contributed by atoms with Crippen molar-refractivity contribution in [2.45, 2.75) is 32.6 Å². The van der Waals surface area contributed by atoms with Crippen LogP contribution in [0.3, 0.4) is 0 Å². The average Bonchev–Trinajstić information content (AvgIpc) is 2.85. The monoisotopic (exact) mass is 244 g/mol. The molecule has 18 heavy (non-hydrogen) atoms. The van der Waals surface area contributed by atoms with Gasteiger partial charge in [0.2, 0.25) is 0 Å². The van der Waals surface area contributed by atoms with Crippen LogP contribution in [0.5, 0.6) is 0 Å². The molecule has 2 N–H and O–H groups in total. The molecular formula is C14H20N4. The summed E-state index contributed by atoms with van der Waals surface area (Å²) in [4.78, 5) is 0. The van der Waals surface area contributed by atoms with E-state index in [0.717, 1.165) is 24.2 Å². The Labute approximate surface area is 108 Å². The van der Waals surface area contributed by atoms with Crippen molar-refractivity contribution in [1.29, 1.82) is 0 Å². The van der Waals surface area contributed by atoms with Crippen molar-refractivity contribution in [2.75, 3.05) is 6.54 Å². The van der Waals surface area contributed by atoms with Gasteiger partial charge in [-0.2, -0.15) is 0 Å². The molecule has 1 aromatic heterocycles. The molecule has 4 heteroatoms. The first-order valence-corrected chi connectivity index (χ1v) is 6.42. The molecule has 0 amide bonds. The third-order valence-corrected chi connectivity index (χ3v) is 2.98. The van der Waals surface area contributed by atoms with Gasteiger partial charge in [0.1, 0.15) is 0 Å². The highest BCUT2D eigenvalue weighted by Gasteiger charge is 2.05. The first-order chi connectivity index (χ1) is 8.70. The van der Waals surface area contributed by atoms with E-state index in [4.69, 9.17) is 5.73 Å². The summed E-state index contributed by atoms with van der Waals surface area (Å²) in [6, 6.07) is 8.41. The van der Waals surface area contributed by atoms with Crippen LogP contribution < -0.4 is 5.73 Å². The molecule has 96 valence electrons. The minimum absolute atomic E-state index is 0.519. The Morgan fingerprint density at radius 2 is 2.17 bits per heavy atom. The summed E-state index contributed by atoms with van der Waals surface area (Å²) in [6.07, 6.45) is 3.82. The Balaban J connectivity index is 2.20. The highest BCUT2D eigenvalue weighted by Crippen LogP contribution is 2.17. The molecule has 2 rings (SSSR count). The van der Waals surface area contributed by atoms with E-state index in [1.165, 1.54) is 5.56 Å². The summed E-state index contributed by atoms with van der Waals surface area (Å²) in [5.41, 5.74) is 8.86. The minimum Gasteiger partial charge on any atom is -0.330 e. The Bertz CT molecular complexity index is 502. The molecule has 0 fully saturated rings. The zero-order valence-electron chi connectivity index (χ0n) is 11.0. The van der Waals surface area contributed by atoms with Crippen molar-refractivity contribution in [1.82, 2.24) is 15.0 Å². The van der Waals surface area contributed by atoms with E-state index in [9.17, 15) is 0 Å². The van der Waals surface area contributed by atoms with Crippen molar-refractivity contribution in [3.63, 3.8) is 0 Å². The van der Waals surface area contributed by atoms with Crippen LogP contribution in [0.15, 0.2) is 30.5 Å². The summed E-state index contributed by atoms with van der Waals surface area (Å²) in [5, 5.41) is 8.33. The molecule has 4 nitrogen and oxygen atoms in total. The molecule has 0 saturated heterocycles. The second kappa shape index (κ2) is 5.78. The summed E-state index contributed by atoms with van der Waals surface area (Å²) >= 11 is 0. The van der Waals surface area contributed by atoms with Crippen LogP contribution in [-0.2, 0) is 6.42 Å². The van der Waals surface area contributed by atoms with Gasteiger partial charge in [0.25, 0.3) is 0 Å². The predicted molar refractivity (Wildman–Crippen MR) is 72.8 cm³/mol. The van der Waals surface area contributed by atoms with Crippen LogP contribution in [0.25, 0.3) is 5.69 Å². The Morgan fingerprint density at radius 1 is 1.33 bits per heavy atom. The maximum Gasteiger partial charge on any atom is 0.0832 e. The molecule has 2 aromatic rings. The van der Waals surface area contributed by atoms with Gasteiger partial charge < -0.3 is 5.73 Å². The molecule has 1 aromatic carbocycles. The second-order valence-electron chi connectivity index (χ2n) is 4.80. The number of rotatable bonds is 5. The number of hydrogen-bond donors (Lipinski definition) is 1. The van der Waals surface area contributed by atoms with Crippen molar-refractivity contribution in [3.05, 3.63) is 41.7 Å². The molecule has 0 unspecified atom stereocenters. The maximum absolute atomic E-state index is 5.49. The van der Waals surface area contributed by atoms with E-state index in [2.05, 4.69) is 42.4 Å². The largest absolute Gasteiger partial charge is 0.330 e. The van der Waals surface area contributed by atoms with Crippen LogP contribution in [-0.4, -0.2) is 21.5 Å². The quantitative estimate of drug-likeness (QED) is 0.878. The lowest BCUT2D eigenvalue weighted by Crippen LogP contribution is -2.00. The third kappa shape index (κ3) is 2.96. The third-order valence-electron chi connectivity index (χ3n) is 2.98. The van der Waals surface area contributed by atoms with Gasteiger partial charge >= 0.3 is 0 Å². The van der Waals surface area contributed by atoms with Crippen molar-refractivity contribution >= 4 is 0 Å². The normalized spacial score (nSPS) is 11.1. The zero-order chi connectivity index (χ0) is 13.0. The van der Waals surface area contributed by atoms with Crippen LogP contribution in [0.2, 0.25) is 0 Å². The van der Waals surface area contributed by atoms with Crippen molar-refractivity contribution in [3.8, 4) is 5.69 Å². The number of hydrogen-bond acceptors (Lipinski definition) is 3. The van der Waals surface area contributed by atoms with Crippen molar-refractivity contribution < 1.29 is 0 Å². The molecule has 0 atom stereocenters. The molecule has 0 saturated carbocycles. The Morgan fingerprint density at radius 3 is 2.89 bits per heavy atom. The number of benzene rings is 1. The molecule has 0 spiro atoms. The van der Waals surface area contributed by atoms with Gasteiger partial charge in [-0.3, -0.25) is 0 Å². The van der Waals surface area contributed by atoms with Crippen LogP contribution in [0.1, 0.15) is 37.4 Å². The average molecular weight is 244 g/mol. The van der Waals surface area contributed by atoms with E-state index in [-0.39, 0.29) is 0 Å². The lowest BCUT2D eigenvalue weighted by Gasteiger charge is -2.07. The molecule has 0 aliphatic carbocycles. The lowest BCUT2D eigenvalue weighted by atomic mass is 10.0. The maximum atomic E-state index is 5.49. The van der Waals surface area contributed by atoms with E-state index in [1.807, 2.05) is 16.9 Å². The summed E-state index contributed by atoms with van der Waals surface area (Å²) in [6.45, 7) is 5.07. The van der Waals surface area contributed by atoms with Gasteiger partial charge in [-0.15, -0.1) is 5.10 Å². The minimum atomic E-state index is 0.519. The number of aromatic nitrogens is 3. The number of aryl methyl sites for hydroxylation is 1. The standard InChI is InChI=1S/C14H20N4/c1-11(2)12-5-3-7-14(9-12)18-10-13(16-17-18)6-4-8-15/h3,5,7,9-11H,4,6,8,15H2,1-2H3. The van der Waals surface area contributed by atoms with Crippen LogP contribution >= 0.6 is 0 Å². The Kier molecular flexibility index (Phi) is 4.10. The van der Waals surface area contributed by atoms with Crippen LogP contribution in [0, 0.1) is 0 Å². The highest BCUT2D eigenvalue weighted by molar-refractivity contribution is 5.36. The lowest BCUT2D eigenvalue weighted by molar-refractivity contribution is 0.776. The van der Waals surface area contributed by atoms with Gasteiger partial charge in [-0.25, -0.2) is 4.68 Å². The van der Waals surface area contributed by atoms with Crippen molar-refractivity contribution in [2.24, 2.45) is 5.73 Å². The SMILES string of the molecule is CC(C)c1cccc(-n2cc(CCCN)nn2)c1. The molecular weight excluding hydrogens is 224 g/mol. The number of nitrogens with zero attached hydrogens (tertiary/aromatic N) is 3. The molecule has 1 heterocycles. The van der Waals surface area contributed by atoms with Gasteiger partial charge in [-0.1, -0.05) is 31.2 Å². The molecule has 0 aliphatic rings. The van der Waals surface area contributed by atoms with Gasteiger partial charge in [-0.05, 0) is 43.0 Å². The smallest absolute Gasteiger partial charge is 0.0832 e. The molecule has 0 bridgehead atoms. The number of nitrogens with two attached hydrogens (primary N) is 1. The first-order valence-electron chi connectivity index (χ1n) is 6.42. The van der Waals surface area contributed by atoms with Gasteiger partial charge in [0, 0.05) is 0 Å². The van der Waals surface area contributed by atoms with E-state index >= 15 is 0 Å².